The number of ether oxygens (including phenoxy) is 2. The zero-order valence-corrected chi connectivity index (χ0v) is 12.7. The first-order valence-corrected chi connectivity index (χ1v) is 7.94. The van der Waals surface area contributed by atoms with Crippen LogP contribution in [0.3, 0.4) is 0 Å². The van der Waals surface area contributed by atoms with Crippen LogP contribution >= 0.6 is 11.8 Å². The van der Waals surface area contributed by atoms with Gasteiger partial charge in [-0.05, 0) is 24.3 Å². The summed E-state index contributed by atoms with van der Waals surface area (Å²) >= 11 is 1.45. The van der Waals surface area contributed by atoms with Gasteiger partial charge in [0.2, 0.25) is 0 Å². The summed E-state index contributed by atoms with van der Waals surface area (Å²) in [5.41, 5.74) is 1.48. The topological polar surface area (TPSA) is 52.6 Å². The summed E-state index contributed by atoms with van der Waals surface area (Å²) in [6.45, 7) is 2.38. The van der Waals surface area contributed by atoms with E-state index in [9.17, 15) is 9.59 Å². The Kier molecular flexibility index (Phi) is 5.87. The van der Waals surface area contributed by atoms with Gasteiger partial charge in [0.05, 0.1) is 12.5 Å². The Morgan fingerprint density at radius 3 is 2.71 bits per heavy atom. The van der Waals surface area contributed by atoms with Crippen molar-refractivity contribution in [3.05, 3.63) is 46.9 Å². The van der Waals surface area contributed by atoms with E-state index in [-0.39, 0.29) is 24.5 Å². The molecule has 1 aliphatic heterocycles. The zero-order chi connectivity index (χ0) is 15.1. The van der Waals surface area contributed by atoms with Gasteiger partial charge in [-0.15, -0.1) is 11.8 Å². The number of thioether (sulfide) groups is 1. The maximum Gasteiger partial charge on any atom is 0.334 e. The van der Waals surface area contributed by atoms with Crippen molar-refractivity contribution in [1.82, 2.24) is 0 Å². The summed E-state index contributed by atoms with van der Waals surface area (Å²) < 4.78 is 10.3. The molecule has 1 aromatic rings. The molecular weight excluding hydrogens is 288 g/mol. The SMILES string of the molecule is CCOC(=O)[C@@H]1CSC=C(C(=O)OCc2ccccc2)C1. The Bertz CT molecular complexity index is 524. The van der Waals surface area contributed by atoms with Gasteiger partial charge in [-0.25, -0.2) is 4.79 Å². The highest BCUT2D eigenvalue weighted by molar-refractivity contribution is 8.02. The average molecular weight is 306 g/mol. The minimum atomic E-state index is -0.361. The van der Waals surface area contributed by atoms with Crippen molar-refractivity contribution < 1.29 is 19.1 Å². The fourth-order valence-corrected chi connectivity index (χ4v) is 2.97. The molecular formula is C16H18O4S. The fraction of sp³-hybridized carbons (Fsp3) is 0.375. The largest absolute Gasteiger partial charge is 0.466 e. The van der Waals surface area contributed by atoms with Crippen LogP contribution in [0.2, 0.25) is 0 Å². The van der Waals surface area contributed by atoms with Gasteiger partial charge in [-0.2, -0.15) is 0 Å². The van der Waals surface area contributed by atoms with E-state index in [0.717, 1.165) is 5.56 Å². The molecule has 0 radical (unpaired) electrons. The second kappa shape index (κ2) is 7.88. The summed E-state index contributed by atoms with van der Waals surface area (Å²) in [6.07, 6.45) is 0.388. The monoisotopic (exact) mass is 306 g/mol. The van der Waals surface area contributed by atoms with Crippen LogP contribution in [0.5, 0.6) is 0 Å². The van der Waals surface area contributed by atoms with Gasteiger partial charge >= 0.3 is 11.9 Å². The molecule has 0 saturated heterocycles. The normalized spacial score (nSPS) is 17.8. The third-order valence-corrected chi connectivity index (χ3v) is 4.13. The maximum absolute atomic E-state index is 12.0. The molecule has 0 amide bonds. The van der Waals surface area contributed by atoms with Gasteiger partial charge in [0.25, 0.3) is 0 Å². The predicted molar refractivity (Wildman–Crippen MR) is 81.5 cm³/mol. The van der Waals surface area contributed by atoms with Crippen molar-refractivity contribution in [1.29, 1.82) is 0 Å². The molecule has 1 heterocycles. The van der Waals surface area contributed by atoms with Gasteiger partial charge in [-0.1, -0.05) is 30.3 Å². The summed E-state index contributed by atoms with van der Waals surface area (Å²) in [5, 5.41) is 1.78. The van der Waals surface area contributed by atoms with Gasteiger partial charge in [0, 0.05) is 11.3 Å². The minimum Gasteiger partial charge on any atom is -0.466 e. The van der Waals surface area contributed by atoms with Gasteiger partial charge < -0.3 is 9.47 Å². The lowest BCUT2D eigenvalue weighted by molar-refractivity contribution is -0.147. The predicted octanol–water partition coefficient (Wildman–Crippen LogP) is 2.93. The highest BCUT2D eigenvalue weighted by Gasteiger charge is 2.27. The van der Waals surface area contributed by atoms with Crippen molar-refractivity contribution >= 4 is 23.7 Å². The van der Waals surface area contributed by atoms with Crippen LogP contribution in [-0.2, 0) is 25.7 Å². The van der Waals surface area contributed by atoms with Gasteiger partial charge in [0.15, 0.2) is 0 Å². The summed E-state index contributed by atoms with van der Waals surface area (Å²) in [7, 11) is 0. The van der Waals surface area contributed by atoms with Crippen molar-refractivity contribution in [3.8, 4) is 0 Å². The molecule has 0 unspecified atom stereocenters. The van der Waals surface area contributed by atoms with E-state index >= 15 is 0 Å². The molecule has 0 spiro atoms. The van der Waals surface area contributed by atoms with E-state index in [1.807, 2.05) is 30.3 Å². The second-order valence-electron chi connectivity index (χ2n) is 4.69. The van der Waals surface area contributed by atoms with Crippen molar-refractivity contribution in [2.45, 2.75) is 20.0 Å². The zero-order valence-electron chi connectivity index (χ0n) is 11.9. The highest BCUT2D eigenvalue weighted by Crippen LogP contribution is 2.28. The Labute approximate surface area is 128 Å². The summed E-state index contributed by atoms with van der Waals surface area (Å²) in [5.74, 6) is -0.222. The second-order valence-corrected chi connectivity index (χ2v) is 5.59. The lowest BCUT2D eigenvalue weighted by Gasteiger charge is -2.19. The maximum atomic E-state index is 12.0. The molecule has 1 atom stereocenters. The number of hydrogen-bond acceptors (Lipinski definition) is 5. The molecule has 21 heavy (non-hydrogen) atoms. The first-order valence-electron chi connectivity index (χ1n) is 6.89. The van der Waals surface area contributed by atoms with E-state index in [1.54, 1.807) is 12.3 Å². The van der Waals surface area contributed by atoms with E-state index in [2.05, 4.69) is 0 Å². The summed E-state index contributed by atoms with van der Waals surface area (Å²) in [4.78, 5) is 23.8. The van der Waals surface area contributed by atoms with Crippen molar-refractivity contribution in [2.75, 3.05) is 12.4 Å². The molecule has 0 fully saturated rings. The third kappa shape index (κ3) is 4.63. The number of carbonyl (C=O) groups is 2. The molecule has 0 N–H and O–H groups in total. The van der Waals surface area contributed by atoms with E-state index in [4.69, 9.17) is 9.47 Å². The molecule has 112 valence electrons. The van der Waals surface area contributed by atoms with Crippen LogP contribution in [0.15, 0.2) is 41.3 Å². The average Bonchev–Trinajstić information content (AvgIpc) is 2.54. The molecule has 5 heteroatoms. The molecule has 1 aromatic carbocycles. The first-order chi connectivity index (χ1) is 10.2. The van der Waals surface area contributed by atoms with Crippen LogP contribution in [0.1, 0.15) is 18.9 Å². The highest BCUT2D eigenvalue weighted by atomic mass is 32.2. The first kappa shape index (κ1) is 15.6. The molecule has 0 bridgehead atoms. The fourth-order valence-electron chi connectivity index (χ4n) is 2.00. The van der Waals surface area contributed by atoms with Crippen LogP contribution in [0, 0.1) is 5.92 Å². The van der Waals surface area contributed by atoms with Crippen LogP contribution in [-0.4, -0.2) is 24.3 Å². The van der Waals surface area contributed by atoms with E-state index in [1.165, 1.54) is 11.8 Å². The van der Waals surface area contributed by atoms with E-state index < -0.39 is 0 Å². The molecule has 0 saturated carbocycles. The summed E-state index contributed by atoms with van der Waals surface area (Å²) in [6, 6.07) is 9.51. The number of rotatable bonds is 5. The number of hydrogen-bond donors (Lipinski definition) is 0. The molecule has 0 aliphatic carbocycles. The van der Waals surface area contributed by atoms with Gasteiger partial charge in [0.1, 0.15) is 6.61 Å². The van der Waals surface area contributed by atoms with E-state index in [0.29, 0.717) is 24.4 Å². The van der Waals surface area contributed by atoms with Crippen molar-refractivity contribution in [2.24, 2.45) is 5.92 Å². The smallest absolute Gasteiger partial charge is 0.334 e. The molecule has 4 nitrogen and oxygen atoms in total. The Hall–Kier alpha value is -1.75. The lowest BCUT2D eigenvalue weighted by atomic mass is 10.0. The minimum absolute atomic E-state index is 0.242. The van der Waals surface area contributed by atoms with Gasteiger partial charge in [-0.3, -0.25) is 4.79 Å². The molecule has 0 aromatic heterocycles. The van der Waals surface area contributed by atoms with Crippen LogP contribution in [0.4, 0.5) is 0 Å². The Morgan fingerprint density at radius 2 is 2.00 bits per heavy atom. The van der Waals surface area contributed by atoms with Crippen LogP contribution < -0.4 is 0 Å². The third-order valence-electron chi connectivity index (χ3n) is 3.08. The Balaban J connectivity index is 1.87. The van der Waals surface area contributed by atoms with Crippen molar-refractivity contribution in [3.63, 3.8) is 0 Å². The quantitative estimate of drug-likeness (QED) is 0.783. The lowest BCUT2D eigenvalue weighted by Crippen LogP contribution is -2.24. The van der Waals surface area contributed by atoms with Crippen LogP contribution in [0.25, 0.3) is 0 Å². The number of esters is 2. The Morgan fingerprint density at radius 1 is 1.24 bits per heavy atom. The number of benzene rings is 1. The molecule has 1 aliphatic rings. The molecule has 2 rings (SSSR count). The number of carbonyl (C=O) groups excluding carboxylic acids is 2. The standard InChI is InChI=1S/C16H18O4S/c1-2-19-15(17)13-8-14(11-21-10-13)16(18)20-9-12-6-4-3-5-7-12/h3-7,11,13H,2,8-10H2,1H3/t13-/m0/s1.